The second-order valence-corrected chi connectivity index (χ2v) is 8.45. The molecule has 1 aliphatic heterocycles. The van der Waals surface area contributed by atoms with E-state index in [1.54, 1.807) is 10.4 Å². The number of aryl methyl sites for hydroxylation is 2. The van der Waals surface area contributed by atoms with E-state index >= 15 is 0 Å². The normalized spacial score (nSPS) is 15.9. The highest BCUT2D eigenvalue weighted by Gasteiger charge is 2.30. The van der Waals surface area contributed by atoms with Crippen LogP contribution in [0, 0.1) is 13.8 Å². The molecule has 0 aromatic heterocycles. The van der Waals surface area contributed by atoms with Gasteiger partial charge in [0.15, 0.2) is 0 Å². The lowest BCUT2D eigenvalue weighted by Gasteiger charge is -2.35. The Labute approximate surface area is 156 Å². The molecule has 26 heavy (non-hydrogen) atoms. The van der Waals surface area contributed by atoms with Crippen LogP contribution in [0.25, 0.3) is 0 Å². The van der Waals surface area contributed by atoms with E-state index in [0.29, 0.717) is 43.4 Å². The number of hydrogen-bond donors (Lipinski definition) is 0. The van der Waals surface area contributed by atoms with Crippen molar-refractivity contribution in [2.24, 2.45) is 0 Å². The van der Waals surface area contributed by atoms with Gasteiger partial charge in [-0.05, 0) is 44.0 Å². The first-order chi connectivity index (χ1) is 12.4. The third-order valence-corrected chi connectivity index (χ3v) is 6.79. The number of ether oxygens (including phenoxy) is 1. The van der Waals surface area contributed by atoms with Crippen LogP contribution in [0.4, 0.5) is 5.69 Å². The van der Waals surface area contributed by atoms with Crippen LogP contribution < -0.4 is 9.64 Å². The molecule has 0 saturated carbocycles. The zero-order valence-corrected chi connectivity index (χ0v) is 16.4. The van der Waals surface area contributed by atoms with Crippen molar-refractivity contribution >= 4 is 15.7 Å². The lowest BCUT2D eigenvalue weighted by molar-refractivity contribution is 0.336. The van der Waals surface area contributed by atoms with Gasteiger partial charge in [-0.2, -0.15) is 4.31 Å². The van der Waals surface area contributed by atoms with E-state index in [-0.39, 0.29) is 0 Å². The van der Waals surface area contributed by atoms with Crippen molar-refractivity contribution in [1.29, 1.82) is 0 Å². The molecule has 140 valence electrons. The van der Waals surface area contributed by atoms with Crippen molar-refractivity contribution in [3.05, 3.63) is 53.6 Å². The van der Waals surface area contributed by atoms with Crippen LogP contribution >= 0.6 is 0 Å². The molecular formula is C20H26N2O3S. The average Bonchev–Trinajstić information content (AvgIpc) is 2.64. The van der Waals surface area contributed by atoms with Gasteiger partial charge in [-0.1, -0.05) is 24.3 Å². The number of sulfonamides is 1. The number of para-hydroxylation sites is 1. The average molecular weight is 375 g/mol. The Hall–Kier alpha value is -2.05. The van der Waals surface area contributed by atoms with E-state index in [0.717, 1.165) is 16.8 Å². The minimum atomic E-state index is -3.53. The predicted octanol–water partition coefficient (Wildman–Crippen LogP) is 3.21. The van der Waals surface area contributed by atoms with E-state index in [4.69, 9.17) is 4.74 Å². The van der Waals surface area contributed by atoms with Gasteiger partial charge < -0.3 is 9.64 Å². The molecule has 5 nitrogen and oxygen atoms in total. The molecule has 6 heteroatoms. The highest BCUT2D eigenvalue weighted by Crippen LogP contribution is 2.29. The summed E-state index contributed by atoms with van der Waals surface area (Å²) in [6, 6.07) is 13.7. The first kappa shape index (κ1) is 18.7. The minimum Gasteiger partial charge on any atom is -0.494 e. The molecule has 2 aromatic carbocycles. The Morgan fingerprint density at radius 3 is 2.23 bits per heavy atom. The Kier molecular flexibility index (Phi) is 5.53. The van der Waals surface area contributed by atoms with Crippen molar-refractivity contribution < 1.29 is 13.2 Å². The Morgan fingerprint density at radius 1 is 0.962 bits per heavy atom. The molecular weight excluding hydrogens is 348 g/mol. The number of benzene rings is 2. The highest BCUT2D eigenvalue weighted by atomic mass is 32.2. The molecule has 3 rings (SSSR count). The molecule has 1 saturated heterocycles. The van der Waals surface area contributed by atoms with Crippen molar-refractivity contribution in [3.8, 4) is 5.75 Å². The first-order valence-corrected chi connectivity index (χ1v) is 10.4. The van der Waals surface area contributed by atoms with Gasteiger partial charge in [0.1, 0.15) is 5.75 Å². The Bertz CT molecular complexity index is 858. The van der Waals surface area contributed by atoms with E-state index in [1.807, 2.05) is 45.0 Å². The molecule has 0 radical (unpaired) electrons. The standard InChI is InChI=1S/C20H26N2O3S/c1-4-25-19-15-20(17(3)14-16(19)2)26(23,24)22-12-10-21(11-13-22)18-8-6-5-7-9-18/h5-9,14-15H,4,10-13H2,1-3H3. The van der Waals surface area contributed by atoms with Crippen LogP contribution in [0.5, 0.6) is 5.75 Å². The van der Waals surface area contributed by atoms with Crippen molar-refractivity contribution in [1.82, 2.24) is 4.31 Å². The zero-order valence-electron chi connectivity index (χ0n) is 15.6. The predicted molar refractivity (Wildman–Crippen MR) is 104 cm³/mol. The number of hydrogen-bond acceptors (Lipinski definition) is 4. The second-order valence-electron chi connectivity index (χ2n) is 6.54. The third-order valence-electron chi connectivity index (χ3n) is 4.75. The summed E-state index contributed by atoms with van der Waals surface area (Å²) >= 11 is 0. The molecule has 0 aliphatic carbocycles. The lowest BCUT2D eigenvalue weighted by atomic mass is 10.1. The number of nitrogens with zero attached hydrogens (tertiary/aromatic N) is 2. The van der Waals surface area contributed by atoms with E-state index in [9.17, 15) is 8.42 Å². The molecule has 0 bridgehead atoms. The van der Waals surface area contributed by atoms with Crippen molar-refractivity contribution in [2.75, 3.05) is 37.7 Å². The summed E-state index contributed by atoms with van der Waals surface area (Å²) < 4.78 is 33.5. The van der Waals surface area contributed by atoms with Crippen LogP contribution in [0.2, 0.25) is 0 Å². The van der Waals surface area contributed by atoms with Gasteiger partial charge in [0.05, 0.1) is 11.5 Å². The molecule has 0 amide bonds. The Morgan fingerprint density at radius 2 is 1.62 bits per heavy atom. The Balaban J connectivity index is 1.80. The van der Waals surface area contributed by atoms with Gasteiger partial charge in [-0.15, -0.1) is 0 Å². The summed E-state index contributed by atoms with van der Waals surface area (Å²) in [6.07, 6.45) is 0. The topological polar surface area (TPSA) is 49.9 Å². The summed E-state index contributed by atoms with van der Waals surface area (Å²) in [6.45, 7) is 8.53. The molecule has 0 spiro atoms. The van der Waals surface area contributed by atoms with Gasteiger partial charge in [0.2, 0.25) is 10.0 Å². The fraction of sp³-hybridized carbons (Fsp3) is 0.400. The summed E-state index contributed by atoms with van der Waals surface area (Å²) in [5, 5.41) is 0. The largest absolute Gasteiger partial charge is 0.494 e. The first-order valence-electron chi connectivity index (χ1n) is 8.97. The molecule has 2 aromatic rings. The van der Waals surface area contributed by atoms with E-state index in [2.05, 4.69) is 17.0 Å². The molecule has 1 heterocycles. The summed E-state index contributed by atoms with van der Waals surface area (Å²) in [4.78, 5) is 2.57. The number of rotatable bonds is 5. The van der Waals surface area contributed by atoms with Crippen molar-refractivity contribution in [2.45, 2.75) is 25.7 Å². The minimum absolute atomic E-state index is 0.347. The van der Waals surface area contributed by atoms with Gasteiger partial charge in [0, 0.05) is 37.9 Å². The zero-order chi connectivity index (χ0) is 18.7. The molecule has 0 unspecified atom stereocenters. The summed E-state index contributed by atoms with van der Waals surface area (Å²) in [5.41, 5.74) is 2.85. The number of anilines is 1. The van der Waals surface area contributed by atoms with Crippen LogP contribution in [0.15, 0.2) is 47.4 Å². The van der Waals surface area contributed by atoms with Gasteiger partial charge in [-0.3, -0.25) is 0 Å². The van der Waals surface area contributed by atoms with Crippen molar-refractivity contribution in [3.63, 3.8) is 0 Å². The fourth-order valence-electron chi connectivity index (χ4n) is 3.37. The van der Waals surface area contributed by atoms with Gasteiger partial charge in [-0.25, -0.2) is 8.42 Å². The SMILES string of the molecule is CCOc1cc(S(=O)(=O)N2CCN(c3ccccc3)CC2)c(C)cc1C. The smallest absolute Gasteiger partial charge is 0.243 e. The maximum Gasteiger partial charge on any atom is 0.243 e. The maximum atomic E-state index is 13.2. The van der Waals surface area contributed by atoms with E-state index in [1.165, 1.54) is 0 Å². The fourth-order valence-corrected chi connectivity index (χ4v) is 5.01. The van der Waals surface area contributed by atoms with Crippen LogP contribution in [-0.4, -0.2) is 45.5 Å². The summed E-state index contributed by atoms with van der Waals surface area (Å²) in [5.74, 6) is 0.639. The quantitative estimate of drug-likeness (QED) is 0.806. The maximum absolute atomic E-state index is 13.2. The number of piperazine rings is 1. The van der Waals surface area contributed by atoms with Crippen LogP contribution in [0.3, 0.4) is 0 Å². The highest BCUT2D eigenvalue weighted by molar-refractivity contribution is 7.89. The molecule has 1 fully saturated rings. The third kappa shape index (κ3) is 3.71. The molecule has 0 atom stereocenters. The molecule has 0 N–H and O–H groups in total. The summed E-state index contributed by atoms with van der Waals surface area (Å²) in [7, 11) is -3.53. The van der Waals surface area contributed by atoms with Crippen LogP contribution in [0.1, 0.15) is 18.1 Å². The monoisotopic (exact) mass is 374 g/mol. The van der Waals surface area contributed by atoms with Crippen LogP contribution in [-0.2, 0) is 10.0 Å². The molecule has 1 aliphatic rings. The second kappa shape index (κ2) is 7.68. The van der Waals surface area contributed by atoms with E-state index < -0.39 is 10.0 Å². The lowest BCUT2D eigenvalue weighted by Crippen LogP contribution is -2.48. The van der Waals surface area contributed by atoms with Gasteiger partial charge >= 0.3 is 0 Å². The van der Waals surface area contributed by atoms with Gasteiger partial charge in [0.25, 0.3) is 0 Å².